The van der Waals surface area contributed by atoms with Crippen LogP contribution in [0.3, 0.4) is 0 Å². The SMILES string of the molecule is CCN1CC[C@H](CNCc2cc(OC)ccc2OC)C1. The van der Waals surface area contributed by atoms with E-state index in [1.807, 2.05) is 18.2 Å². The van der Waals surface area contributed by atoms with Crippen molar-refractivity contribution in [3.8, 4) is 11.5 Å². The summed E-state index contributed by atoms with van der Waals surface area (Å²) in [5.74, 6) is 2.56. The second kappa shape index (κ2) is 7.50. The van der Waals surface area contributed by atoms with Crippen LogP contribution >= 0.6 is 0 Å². The molecule has 0 saturated carbocycles. The number of nitrogens with one attached hydrogen (secondary N) is 1. The lowest BCUT2D eigenvalue weighted by Gasteiger charge is -2.15. The Morgan fingerprint density at radius 2 is 2.15 bits per heavy atom. The lowest BCUT2D eigenvalue weighted by molar-refractivity contribution is 0.338. The molecule has 0 amide bonds. The van der Waals surface area contributed by atoms with E-state index in [2.05, 4.69) is 17.1 Å². The first-order valence-corrected chi connectivity index (χ1v) is 7.40. The highest BCUT2D eigenvalue weighted by Crippen LogP contribution is 2.24. The highest BCUT2D eigenvalue weighted by Gasteiger charge is 2.20. The van der Waals surface area contributed by atoms with Gasteiger partial charge < -0.3 is 19.7 Å². The van der Waals surface area contributed by atoms with Gasteiger partial charge in [0.1, 0.15) is 11.5 Å². The summed E-state index contributed by atoms with van der Waals surface area (Å²) in [6.45, 7) is 7.75. The van der Waals surface area contributed by atoms with Crippen LogP contribution in [0.1, 0.15) is 18.9 Å². The third-order valence-electron chi connectivity index (χ3n) is 4.05. The molecule has 0 spiro atoms. The number of rotatable bonds is 7. The van der Waals surface area contributed by atoms with Crippen molar-refractivity contribution in [1.29, 1.82) is 0 Å². The van der Waals surface area contributed by atoms with Crippen molar-refractivity contribution in [2.45, 2.75) is 19.9 Å². The summed E-state index contributed by atoms with van der Waals surface area (Å²) < 4.78 is 10.7. The molecule has 1 atom stereocenters. The van der Waals surface area contributed by atoms with Crippen molar-refractivity contribution in [2.24, 2.45) is 5.92 Å². The zero-order chi connectivity index (χ0) is 14.4. The molecule has 4 heteroatoms. The van der Waals surface area contributed by atoms with Gasteiger partial charge in [-0.05, 0) is 50.2 Å². The van der Waals surface area contributed by atoms with Gasteiger partial charge in [0.2, 0.25) is 0 Å². The highest BCUT2D eigenvalue weighted by molar-refractivity contribution is 5.40. The fraction of sp³-hybridized carbons (Fsp3) is 0.625. The summed E-state index contributed by atoms with van der Waals surface area (Å²) in [5.41, 5.74) is 1.15. The Balaban J connectivity index is 1.84. The van der Waals surface area contributed by atoms with E-state index in [4.69, 9.17) is 9.47 Å². The van der Waals surface area contributed by atoms with Gasteiger partial charge >= 0.3 is 0 Å². The van der Waals surface area contributed by atoms with Crippen molar-refractivity contribution in [1.82, 2.24) is 10.2 Å². The summed E-state index contributed by atoms with van der Waals surface area (Å²) >= 11 is 0. The van der Waals surface area contributed by atoms with Crippen LogP contribution in [0.15, 0.2) is 18.2 Å². The minimum atomic E-state index is 0.770. The number of hydrogen-bond donors (Lipinski definition) is 1. The van der Waals surface area contributed by atoms with Gasteiger partial charge in [-0.2, -0.15) is 0 Å². The molecule has 0 aromatic heterocycles. The van der Waals surface area contributed by atoms with Crippen LogP contribution < -0.4 is 14.8 Å². The molecule has 112 valence electrons. The summed E-state index contributed by atoms with van der Waals surface area (Å²) in [5, 5.41) is 3.55. The Labute approximate surface area is 122 Å². The molecule has 4 nitrogen and oxygen atoms in total. The van der Waals surface area contributed by atoms with Gasteiger partial charge in [-0.3, -0.25) is 0 Å². The molecule has 1 aliphatic rings. The van der Waals surface area contributed by atoms with Gasteiger partial charge in [0.05, 0.1) is 14.2 Å². The maximum atomic E-state index is 5.40. The first-order valence-electron chi connectivity index (χ1n) is 7.40. The Morgan fingerprint density at radius 1 is 1.30 bits per heavy atom. The second-order valence-corrected chi connectivity index (χ2v) is 5.36. The Hall–Kier alpha value is -1.26. The maximum absolute atomic E-state index is 5.40. The highest BCUT2D eigenvalue weighted by atomic mass is 16.5. The van der Waals surface area contributed by atoms with E-state index < -0.39 is 0 Å². The van der Waals surface area contributed by atoms with E-state index in [1.165, 1.54) is 26.1 Å². The number of benzene rings is 1. The van der Waals surface area contributed by atoms with E-state index >= 15 is 0 Å². The molecule has 1 N–H and O–H groups in total. The summed E-state index contributed by atoms with van der Waals surface area (Å²) in [6.07, 6.45) is 1.30. The number of likely N-dealkylation sites (tertiary alicyclic amines) is 1. The number of hydrogen-bond acceptors (Lipinski definition) is 4. The molecule has 1 heterocycles. The van der Waals surface area contributed by atoms with E-state index in [-0.39, 0.29) is 0 Å². The van der Waals surface area contributed by atoms with Gasteiger partial charge in [0.15, 0.2) is 0 Å². The molecule has 1 fully saturated rings. The van der Waals surface area contributed by atoms with Crippen LogP contribution in [-0.2, 0) is 6.54 Å². The summed E-state index contributed by atoms with van der Waals surface area (Å²) in [4.78, 5) is 2.51. The zero-order valence-electron chi connectivity index (χ0n) is 12.8. The fourth-order valence-corrected chi connectivity index (χ4v) is 2.80. The van der Waals surface area contributed by atoms with Crippen molar-refractivity contribution >= 4 is 0 Å². The molecule has 2 rings (SSSR count). The Morgan fingerprint density at radius 3 is 2.80 bits per heavy atom. The summed E-state index contributed by atoms with van der Waals surface area (Å²) in [6, 6.07) is 5.93. The molecular formula is C16H26N2O2. The van der Waals surface area contributed by atoms with Gasteiger partial charge in [-0.25, -0.2) is 0 Å². The molecule has 1 aromatic rings. The van der Waals surface area contributed by atoms with Crippen molar-refractivity contribution in [3.63, 3.8) is 0 Å². The van der Waals surface area contributed by atoms with Crippen LogP contribution in [-0.4, -0.2) is 45.3 Å². The molecular weight excluding hydrogens is 252 g/mol. The Kier molecular flexibility index (Phi) is 5.68. The van der Waals surface area contributed by atoms with Gasteiger partial charge in [0, 0.05) is 18.7 Å². The molecule has 1 aromatic carbocycles. The third-order valence-corrected chi connectivity index (χ3v) is 4.05. The first-order chi connectivity index (χ1) is 9.76. The third kappa shape index (κ3) is 3.87. The maximum Gasteiger partial charge on any atom is 0.123 e. The van der Waals surface area contributed by atoms with Crippen LogP contribution in [0.4, 0.5) is 0 Å². The van der Waals surface area contributed by atoms with E-state index in [0.717, 1.165) is 36.1 Å². The summed E-state index contributed by atoms with van der Waals surface area (Å²) in [7, 11) is 3.40. The molecule has 0 bridgehead atoms. The molecule has 1 saturated heterocycles. The van der Waals surface area contributed by atoms with Crippen molar-refractivity contribution in [3.05, 3.63) is 23.8 Å². The normalized spacial score (nSPS) is 19.2. The van der Waals surface area contributed by atoms with Gasteiger partial charge in [-0.15, -0.1) is 0 Å². The molecule has 20 heavy (non-hydrogen) atoms. The topological polar surface area (TPSA) is 33.7 Å². The zero-order valence-corrected chi connectivity index (χ0v) is 12.8. The van der Waals surface area contributed by atoms with Gasteiger partial charge in [0.25, 0.3) is 0 Å². The van der Waals surface area contributed by atoms with Gasteiger partial charge in [-0.1, -0.05) is 6.92 Å². The molecule has 0 unspecified atom stereocenters. The van der Waals surface area contributed by atoms with Crippen LogP contribution in [0.25, 0.3) is 0 Å². The van der Waals surface area contributed by atoms with Crippen molar-refractivity contribution in [2.75, 3.05) is 40.4 Å². The van der Waals surface area contributed by atoms with E-state index in [9.17, 15) is 0 Å². The molecule has 0 aliphatic carbocycles. The Bertz CT molecular complexity index is 423. The van der Waals surface area contributed by atoms with Crippen LogP contribution in [0.5, 0.6) is 11.5 Å². The van der Waals surface area contributed by atoms with Crippen molar-refractivity contribution < 1.29 is 9.47 Å². The minimum Gasteiger partial charge on any atom is -0.497 e. The number of ether oxygens (including phenoxy) is 2. The number of nitrogens with zero attached hydrogens (tertiary/aromatic N) is 1. The predicted octanol–water partition coefficient (Wildman–Crippen LogP) is 2.14. The van der Waals surface area contributed by atoms with Crippen LogP contribution in [0, 0.1) is 5.92 Å². The standard InChI is InChI=1S/C16H26N2O2/c1-4-18-8-7-13(12-18)10-17-11-14-9-15(19-2)5-6-16(14)20-3/h5-6,9,13,17H,4,7-8,10-12H2,1-3H3/t13-/m1/s1. The van der Waals surface area contributed by atoms with E-state index in [0.29, 0.717) is 0 Å². The smallest absolute Gasteiger partial charge is 0.123 e. The second-order valence-electron chi connectivity index (χ2n) is 5.36. The largest absolute Gasteiger partial charge is 0.497 e. The molecule has 1 aliphatic heterocycles. The average molecular weight is 278 g/mol. The average Bonchev–Trinajstić information content (AvgIpc) is 2.95. The number of methoxy groups -OCH3 is 2. The first kappa shape index (κ1) is 15.1. The monoisotopic (exact) mass is 278 g/mol. The lowest BCUT2D eigenvalue weighted by Crippen LogP contribution is -2.26. The fourth-order valence-electron chi connectivity index (χ4n) is 2.80. The quantitative estimate of drug-likeness (QED) is 0.828. The van der Waals surface area contributed by atoms with E-state index in [1.54, 1.807) is 14.2 Å². The molecule has 0 radical (unpaired) electrons. The minimum absolute atomic E-state index is 0.770. The lowest BCUT2D eigenvalue weighted by atomic mass is 10.1. The predicted molar refractivity (Wildman–Crippen MR) is 81.5 cm³/mol. The van der Waals surface area contributed by atoms with Crippen LogP contribution in [0.2, 0.25) is 0 Å².